The number of carbonyl (C=O) groups is 2. The second kappa shape index (κ2) is 8.07. The van der Waals surface area contributed by atoms with E-state index in [1.807, 2.05) is 19.1 Å². The highest BCUT2D eigenvalue weighted by molar-refractivity contribution is 7.90. The average molecular weight is 359 g/mol. The van der Waals surface area contributed by atoms with Crippen LogP contribution in [0.4, 0.5) is 5.69 Å². The summed E-state index contributed by atoms with van der Waals surface area (Å²) in [6, 6.07) is 13.4. The fraction of sp³-hybridized carbons (Fsp3) is 0.263. The zero-order valence-corrected chi connectivity index (χ0v) is 15.1. The number of rotatable bonds is 7. The van der Waals surface area contributed by atoms with E-state index in [1.54, 1.807) is 24.3 Å². The van der Waals surface area contributed by atoms with Crippen molar-refractivity contribution in [3.63, 3.8) is 0 Å². The van der Waals surface area contributed by atoms with Crippen LogP contribution in [0.3, 0.4) is 0 Å². The second-order valence-electron chi connectivity index (χ2n) is 5.82. The molecular weight excluding hydrogens is 338 g/mol. The highest BCUT2D eigenvalue weighted by Gasteiger charge is 2.11. The predicted molar refractivity (Wildman–Crippen MR) is 97.6 cm³/mol. The number of anilines is 1. The molecule has 0 aromatic heterocycles. The normalized spacial score (nSPS) is 11.1. The number of hydrogen-bond donors (Lipinski definition) is 1. The van der Waals surface area contributed by atoms with Crippen LogP contribution in [0.2, 0.25) is 0 Å². The summed E-state index contributed by atoms with van der Waals surface area (Å²) in [5.41, 5.74) is 2.14. The maximum absolute atomic E-state index is 12.1. The summed E-state index contributed by atoms with van der Waals surface area (Å²) in [6.07, 6.45) is 2.15. The Hall–Kier alpha value is -2.47. The van der Waals surface area contributed by atoms with Gasteiger partial charge in [0, 0.05) is 30.3 Å². The van der Waals surface area contributed by atoms with Crippen LogP contribution in [0.15, 0.2) is 53.4 Å². The third-order valence-electron chi connectivity index (χ3n) is 3.81. The molecule has 0 fully saturated rings. The molecule has 1 N–H and O–H groups in total. The van der Waals surface area contributed by atoms with Gasteiger partial charge < -0.3 is 5.32 Å². The summed E-state index contributed by atoms with van der Waals surface area (Å²) in [6.45, 7) is 2.04. The van der Waals surface area contributed by atoms with Crippen LogP contribution in [0.25, 0.3) is 0 Å². The van der Waals surface area contributed by atoms with Gasteiger partial charge in [-0.2, -0.15) is 0 Å². The van der Waals surface area contributed by atoms with Crippen molar-refractivity contribution in [3.8, 4) is 0 Å². The Morgan fingerprint density at radius 3 is 2.28 bits per heavy atom. The van der Waals surface area contributed by atoms with Gasteiger partial charge in [0.05, 0.1) is 4.90 Å². The number of hydrogen-bond acceptors (Lipinski definition) is 4. The maximum atomic E-state index is 12.1. The van der Waals surface area contributed by atoms with Gasteiger partial charge >= 0.3 is 0 Å². The molecule has 0 atom stereocenters. The lowest BCUT2D eigenvalue weighted by Crippen LogP contribution is -2.14. The largest absolute Gasteiger partial charge is 0.326 e. The predicted octanol–water partition coefficient (Wildman–Crippen LogP) is 3.25. The van der Waals surface area contributed by atoms with Crippen LogP contribution in [0.5, 0.6) is 0 Å². The molecule has 2 aromatic rings. The minimum Gasteiger partial charge on any atom is -0.326 e. The molecule has 0 bridgehead atoms. The van der Waals surface area contributed by atoms with Gasteiger partial charge in [-0.3, -0.25) is 9.59 Å². The van der Waals surface area contributed by atoms with Crippen LogP contribution in [0.1, 0.15) is 35.7 Å². The van der Waals surface area contributed by atoms with Crippen LogP contribution in [-0.2, 0) is 21.1 Å². The zero-order valence-electron chi connectivity index (χ0n) is 14.3. The van der Waals surface area contributed by atoms with Crippen molar-refractivity contribution in [2.45, 2.75) is 31.1 Å². The molecule has 132 valence electrons. The molecule has 0 aliphatic carbocycles. The molecule has 0 unspecified atom stereocenters. The molecule has 5 nitrogen and oxygen atoms in total. The maximum Gasteiger partial charge on any atom is 0.224 e. The smallest absolute Gasteiger partial charge is 0.224 e. The lowest BCUT2D eigenvalue weighted by atomic mass is 10.0. The SMILES string of the molecule is CCc1ccc(C(=O)CCC(=O)Nc2cccc(S(C)(=O)=O)c2)cc1. The molecule has 2 aromatic carbocycles. The molecule has 6 heteroatoms. The third kappa shape index (κ3) is 5.53. The van der Waals surface area contributed by atoms with Crippen LogP contribution < -0.4 is 5.32 Å². The number of ketones is 1. The minimum absolute atomic E-state index is 0.0392. The lowest BCUT2D eigenvalue weighted by molar-refractivity contribution is -0.116. The molecule has 0 aliphatic heterocycles. The molecule has 25 heavy (non-hydrogen) atoms. The van der Waals surface area contributed by atoms with Gasteiger partial charge in [0.25, 0.3) is 0 Å². The molecule has 0 radical (unpaired) electrons. The summed E-state index contributed by atoms with van der Waals surface area (Å²) in [5.74, 6) is -0.424. The minimum atomic E-state index is -3.33. The number of aryl methyl sites for hydroxylation is 1. The summed E-state index contributed by atoms with van der Waals surface area (Å²) in [5, 5.41) is 2.62. The van der Waals surface area contributed by atoms with E-state index in [4.69, 9.17) is 0 Å². The quantitative estimate of drug-likeness (QED) is 0.770. The Morgan fingerprint density at radius 2 is 1.68 bits per heavy atom. The van der Waals surface area contributed by atoms with Crippen molar-refractivity contribution in [2.24, 2.45) is 0 Å². The highest BCUT2D eigenvalue weighted by atomic mass is 32.2. The number of Topliss-reactive ketones (excluding diaryl/α,β-unsaturated/α-hetero) is 1. The second-order valence-corrected chi connectivity index (χ2v) is 7.84. The van der Waals surface area contributed by atoms with Crippen LogP contribution in [-0.4, -0.2) is 26.4 Å². The first-order valence-electron chi connectivity index (χ1n) is 8.01. The monoisotopic (exact) mass is 359 g/mol. The molecule has 0 saturated heterocycles. The number of amides is 1. The Labute approximate surface area is 148 Å². The van der Waals surface area contributed by atoms with Crippen molar-refractivity contribution >= 4 is 27.2 Å². The molecule has 0 heterocycles. The Morgan fingerprint density at radius 1 is 1.00 bits per heavy atom. The van der Waals surface area contributed by atoms with Gasteiger partial charge in [0.1, 0.15) is 0 Å². The van der Waals surface area contributed by atoms with E-state index >= 15 is 0 Å². The topological polar surface area (TPSA) is 80.3 Å². The van der Waals surface area contributed by atoms with Gasteiger partial charge in [0.15, 0.2) is 15.6 Å². The van der Waals surface area contributed by atoms with Crippen molar-refractivity contribution in [1.82, 2.24) is 0 Å². The number of benzene rings is 2. The van der Waals surface area contributed by atoms with Gasteiger partial charge in [-0.05, 0) is 30.2 Å². The molecule has 0 aliphatic rings. The first-order valence-corrected chi connectivity index (χ1v) is 9.91. The van der Waals surface area contributed by atoms with E-state index in [-0.39, 0.29) is 29.4 Å². The standard InChI is InChI=1S/C19H21NO4S/c1-3-14-7-9-15(10-8-14)18(21)11-12-19(22)20-16-5-4-6-17(13-16)25(2,23)24/h4-10,13H,3,11-12H2,1-2H3,(H,20,22). The Balaban J connectivity index is 1.93. The van der Waals surface area contributed by atoms with E-state index in [0.717, 1.165) is 18.2 Å². The highest BCUT2D eigenvalue weighted by Crippen LogP contribution is 2.16. The Kier molecular flexibility index (Phi) is 6.09. The summed E-state index contributed by atoms with van der Waals surface area (Å²) in [4.78, 5) is 24.3. The fourth-order valence-electron chi connectivity index (χ4n) is 2.33. The van der Waals surface area contributed by atoms with Crippen molar-refractivity contribution in [1.29, 1.82) is 0 Å². The molecule has 2 rings (SSSR count). The zero-order chi connectivity index (χ0) is 18.4. The van der Waals surface area contributed by atoms with E-state index < -0.39 is 9.84 Å². The lowest BCUT2D eigenvalue weighted by Gasteiger charge is -2.07. The van der Waals surface area contributed by atoms with Gasteiger partial charge in [-0.15, -0.1) is 0 Å². The van der Waals surface area contributed by atoms with Gasteiger partial charge in [-0.1, -0.05) is 37.3 Å². The average Bonchev–Trinajstić information content (AvgIpc) is 2.59. The summed E-state index contributed by atoms with van der Waals surface area (Å²) >= 11 is 0. The molecule has 0 saturated carbocycles. The van der Waals surface area contributed by atoms with Crippen molar-refractivity contribution in [3.05, 3.63) is 59.7 Å². The summed E-state index contributed by atoms with van der Waals surface area (Å²) < 4.78 is 23.1. The van der Waals surface area contributed by atoms with Crippen LogP contribution in [0, 0.1) is 0 Å². The van der Waals surface area contributed by atoms with E-state index in [1.165, 1.54) is 12.1 Å². The van der Waals surface area contributed by atoms with Gasteiger partial charge in [-0.25, -0.2) is 8.42 Å². The van der Waals surface area contributed by atoms with Crippen molar-refractivity contribution < 1.29 is 18.0 Å². The third-order valence-corrected chi connectivity index (χ3v) is 4.92. The number of sulfone groups is 1. The molecule has 0 spiro atoms. The van der Waals surface area contributed by atoms with E-state index in [2.05, 4.69) is 5.32 Å². The number of carbonyl (C=O) groups excluding carboxylic acids is 2. The van der Waals surface area contributed by atoms with Crippen LogP contribution >= 0.6 is 0 Å². The molecular formula is C19H21NO4S. The summed E-state index contributed by atoms with van der Waals surface area (Å²) in [7, 11) is -3.33. The van der Waals surface area contributed by atoms with Crippen molar-refractivity contribution in [2.75, 3.05) is 11.6 Å². The van der Waals surface area contributed by atoms with Gasteiger partial charge in [0.2, 0.25) is 5.91 Å². The first-order chi connectivity index (χ1) is 11.8. The fourth-order valence-corrected chi connectivity index (χ4v) is 2.99. The first kappa shape index (κ1) is 18.9. The number of nitrogens with one attached hydrogen (secondary N) is 1. The molecule has 1 amide bonds. The van der Waals surface area contributed by atoms with E-state index in [9.17, 15) is 18.0 Å². The van der Waals surface area contributed by atoms with E-state index in [0.29, 0.717) is 11.3 Å². The Bertz CT molecular complexity index is 871.